The first-order chi connectivity index (χ1) is 51.1. The summed E-state index contributed by atoms with van der Waals surface area (Å²) >= 11 is 3.76. The normalized spacial score (nSPS) is 14.8. The molecule has 6 nitrogen and oxygen atoms in total. The van der Waals surface area contributed by atoms with Gasteiger partial charge in [-0.1, -0.05) is 266 Å². The number of hydrogen-bond acceptors (Lipinski definition) is 5. The molecule has 0 saturated carbocycles. The molecule has 23 rings (SSSR count). The average molecular weight is 1350 g/mol. The third kappa shape index (κ3) is 7.83. The van der Waals surface area contributed by atoms with Crippen LogP contribution in [-0.2, 0) is 10.8 Å². The second kappa shape index (κ2) is 21.5. The number of benzene rings is 15. The molecule has 0 bridgehead atoms. The number of aromatic nitrogens is 6. The Morgan fingerprint density at radius 3 is 1.18 bits per heavy atom. The zero-order valence-electron chi connectivity index (χ0n) is 55.3. The lowest BCUT2D eigenvalue weighted by Crippen LogP contribution is -2.32. The molecule has 4 aromatic heterocycles. The first-order valence-electron chi connectivity index (χ1n) is 35.2. The molecule has 0 fully saturated rings. The second-order valence-electron chi connectivity index (χ2n) is 27.6. The van der Waals surface area contributed by atoms with Gasteiger partial charge in [0, 0.05) is 74.4 Å². The van der Waals surface area contributed by atoms with E-state index in [-0.39, 0.29) is 0 Å². The van der Waals surface area contributed by atoms with Crippen molar-refractivity contribution in [3.05, 3.63) is 384 Å². The predicted molar refractivity (Wildman–Crippen MR) is 422 cm³/mol. The van der Waals surface area contributed by atoms with Crippen molar-refractivity contribution in [2.24, 2.45) is 0 Å². The SMILES string of the molecule is c1ccc(-c2nc(-c3ccccc3)nc(-n3c4ccccc4c4cc5c(cc43)Sc3ccccc3C53c4ccccc4-c4cc(-c5ccc6c(c5)c5cc(-n7c8ccccc8c8cc9c(cc87)Sc7ccccc7C97c8ccccc8-c8ccccc87)ccc5n6-c5ccccc5)ccc43)n2)cc1. The Bertz CT molecular complexity index is 6780. The molecule has 2 spiro atoms. The van der Waals surface area contributed by atoms with E-state index in [4.69, 9.17) is 15.0 Å². The Morgan fingerprint density at radius 2 is 0.612 bits per heavy atom. The fourth-order valence-corrected chi connectivity index (χ4v) is 20.9. The highest BCUT2D eigenvalue weighted by molar-refractivity contribution is 7.99. The van der Waals surface area contributed by atoms with Crippen molar-refractivity contribution < 1.29 is 0 Å². The number of fused-ring (bicyclic) bond motifs is 27. The molecule has 0 amide bonds. The van der Waals surface area contributed by atoms with E-state index in [1.165, 1.54) is 124 Å². The van der Waals surface area contributed by atoms with Crippen LogP contribution in [0.5, 0.6) is 0 Å². The zero-order chi connectivity index (χ0) is 67.2. The van der Waals surface area contributed by atoms with E-state index in [0.717, 1.165) is 60.9 Å². The third-order valence-electron chi connectivity index (χ3n) is 22.6. The van der Waals surface area contributed by atoms with Gasteiger partial charge in [-0.15, -0.1) is 0 Å². The fourth-order valence-electron chi connectivity index (χ4n) is 18.4. The average Bonchev–Trinajstić information content (AvgIpc) is 1.55. The smallest absolute Gasteiger partial charge is 0.238 e. The summed E-state index contributed by atoms with van der Waals surface area (Å²) in [5, 5.41) is 7.15. The van der Waals surface area contributed by atoms with Crippen molar-refractivity contribution in [1.82, 2.24) is 28.7 Å². The minimum atomic E-state index is -0.638. The van der Waals surface area contributed by atoms with Gasteiger partial charge in [-0.05, 0) is 175 Å². The van der Waals surface area contributed by atoms with Crippen molar-refractivity contribution in [3.63, 3.8) is 0 Å². The van der Waals surface area contributed by atoms with Gasteiger partial charge >= 0.3 is 0 Å². The van der Waals surface area contributed by atoms with E-state index < -0.39 is 10.8 Å². The van der Waals surface area contributed by atoms with Gasteiger partial charge in [-0.3, -0.25) is 4.57 Å². The van der Waals surface area contributed by atoms with Crippen molar-refractivity contribution in [3.8, 4) is 73.5 Å². The molecule has 1 atom stereocenters. The third-order valence-corrected chi connectivity index (χ3v) is 24.9. The summed E-state index contributed by atoms with van der Waals surface area (Å²) in [5.41, 5.74) is 27.7. The molecule has 103 heavy (non-hydrogen) atoms. The first kappa shape index (κ1) is 57.2. The Hall–Kier alpha value is -12.6. The highest BCUT2D eigenvalue weighted by atomic mass is 32.2. The number of rotatable bonds is 6. The standard InChI is InChI=1S/C95H56N6S2/c1-4-24-57(25-5-1)91-96-92(58-26-6-2-7-27-58)98-93(97-91)101-82-41-21-14-34-67(82)72-54-80-90(56-86(72)101)103-88-43-23-19-39-78(88)95(80)75-37-17-12-32-65(75)68-50-59(44-47-76(68)95)60-45-48-83-69(51-60)70-52-62(46-49-84(70)99(83)61-28-8-3-9-29-61)100-81-40-20-13-33-66(81)71-53-79-89(55-85(71)100)102-87-42-22-18-38-77(87)94(79)73-35-15-10-30-63(73)64-31-11-16-36-74(64)94/h1-56H. The van der Waals surface area contributed by atoms with Gasteiger partial charge < -0.3 is 9.13 Å². The summed E-state index contributed by atoms with van der Waals surface area (Å²) in [4.78, 5) is 20.8. The molecule has 0 N–H and O–H groups in total. The van der Waals surface area contributed by atoms with E-state index >= 15 is 0 Å². The van der Waals surface area contributed by atoms with Gasteiger partial charge in [0.05, 0.1) is 43.9 Å². The van der Waals surface area contributed by atoms with Crippen LogP contribution in [0.2, 0.25) is 0 Å². The monoisotopic (exact) mass is 1340 g/mol. The quantitative estimate of drug-likeness (QED) is 0.166. The van der Waals surface area contributed by atoms with Crippen LogP contribution in [0.15, 0.2) is 359 Å². The maximum Gasteiger partial charge on any atom is 0.238 e. The summed E-state index contributed by atoms with van der Waals surface area (Å²) in [6.07, 6.45) is 0. The van der Waals surface area contributed by atoms with E-state index in [2.05, 4.69) is 317 Å². The van der Waals surface area contributed by atoms with E-state index in [1.807, 2.05) is 59.9 Å². The first-order valence-corrected chi connectivity index (χ1v) is 36.9. The Balaban J connectivity index is 0.704. The maximum absolute atomic E-state index is 5.33. The van der Waals surface area contributed by atoms with Gasteiger partial charge in [0.15, 0.2) is 11.6 Å². The molecule has 2 aliphatic carbocycles. The van der Waals surface area contributed by atoms with E-state index in [0.29, 0.717) is 17.6 Å². The predicted octanol–water partition coefficient (Wildman–Crippen LogP) is 23.8. The Morgan fingerprint density at radius 1 is 0.214 bits per heavy atom. The molecule has 8 heteroatoms. The zero-order valence-corrected chi connectivity index (χ0v) is 57.0. The Labute approximate surface area is 601 Å². The molecule has 0 saturated heterocycles. The van der Waals surface area contributed by atoms with Gasteiger partial charge in [-0.25, -0.2) is 4.98 Å². The van der Waals surface area contributed by atoms with Crippen LogP contribution in [-0.4, -0.2) is 28.7 Å². The molecular weight excluding hydrogens is 1290 g/mol. The largest absolute Gasteiger partial charge is 0.309 e. The minimum absolute atomic E-state index is 0.480. The molecule has 6 heterocycles. The van der Waals surface area contributed by atoms with Crippen molar-refractivity contribution >= 4 is 88.9 Å². The molecule has 4 aliphatic rings. The summed E-state index contributed by atoms with van der Waals surface area (Å²) < 4.78 is 7.24. The topological polar surface area (TPSA) is 53.5 Å². The molecule has 19 aromatic rings. The van der Waals surface area contributed by atoms with Crippen LogP contribution < -0.4 is 0 Å². The van der Waals surface area contributed by atoms with Crippen LogP contribution in [0.25, 0.3) is 139 Å². The summed E-state index contributed by atoms with van der Waals surface area (Å²) in [6.45, 7) is 0. The number of para-hydroxylation sites is 3. The van der Waals surface area contributed by atoms with Crippen molar-refractivity contribution in [1.29, 1.82) is 0 Å². The lowest BCUT2D eigenvalue weighted by molar-refractivity contribution is 0.724. The van der Waals surface area contributed by atoms with Gasteiger partial charge in [0.1, 0.15) is 0 Å². The maximum atomic E-state index is 5.33. The summed E-state index contributed by atoms with van der Waals surface area (Å²) in [5.74, 6) is 1.82. The second-order valence-corrected chi connectivity index (χ2v) is 29.8. The van der Waals surface area contributed by atoms with Gasteiger partial charge in [0.2, 0.25) is 5.95 Å². The highest BCUT2D eigenvalue weighted by Gasteiger charge is 2.52. The minimum Gasteiger partial charge on any atom is -0.309 e. The van der Waals surface area contributed by atoms with Crippen LogP contribution in [0, 0.1) is 0 Å². The van der Waals surface area contributed by atoms with Gasteiger partial charge in [-0.2, -0.15) is 9.97 Å². The number of hydrogen-bond donors (Lipinski definition) is 0. The van der Waals surface area contributed by atoms with Crippen LogP contribution in [0.4, 0.5) is 0 Å². The summed E-state index contributed by atoms with van der Waals surface area (Å²) in [7, 11) is 0. The molecule has 1 unspecified atom stereocenters. The van der Waals surface area contributed by atoms with E-state index in [9.17, 15) is 0 Å². The lowest BCUT2D eigenvalue weighted by atomic mass is 9.67. The molecule has 15 aromatic carbocycles. The molecule has 478 valence electrons. The molecule has 2 aliphatic heterocycles. The van der Waals surface area contributed by atoms with Crippen LogP contribution in [0.1, 0.15) is 44.5 Å². The van der Waals surface area contributed by atoms with Crippen molar-refractivity contribution in [2.75, 3.05) is 0 Å². The Kier molecular flexibility index (Phi) is 11.9. The molecule has 0 radical (unpaired) electrons. The van der Waals surface area contributed by atoms with Gasteiger partial charge in [0.25, 0.3) is 0 Å². The highest BCUT2D eigenvalue weighted by Crippen LogP contribution is 2.65. The van der Waals surface area contributed by atoms with Crippen LogP contribution in [0.3, 0.4) is 0 Å². The lowest BCUT2D eigenvalue weighted by Gasteiger charge is -2.39. The fraction of sp³-hybridized carbons (Fsp3) is 0.0211. The van der Waals surface area contributed by atoms with E-state index in [1.54, 1.807) is 0 Å². The number of nitrogens with zero attached hydrogens (tertiary/aromatic N) is 6. The van der Waals surface area contributed by atoms with Crippen LogP contribution >= 0.6 is 23.5 Å². The summed E-state index contributed by atoms with van der Waals surface area (Å²) in [6, 6.07) is 126. The molecular formula is C95H56N6S2. The van der Waals surface area contributed by atoms with Crippen molar-refractivity contribution in [2.45, 2.75) is 30.4 Å².